The van der Waals surface area contributed by atoms with Crippen LogP contribution in [0, 0.1) is 0 Å². The number of pyridine rings is 1. The van der Waals surface area contributed by atoms with Gasteiger partial charge >= 0.3 is 0 Å². The fraction of sp³-hybridized carbons (Fsp3) is 0.316. The predicted molar refractivity (Wildman–Crippen MR) is 120 cm³/mol. The Morgan fingerprint density at radius 3 is 2.81 bits per heavy atom. The first kappa shape index (κ1) is 23.5. The van der Waals surface area contributed by atoms with Crippen LogP contribution in [0.5, 0.6) is 0 Å². The van der Waals surface area contributed by atoms with Crippen LogP contribution >= 0.6 is 23.4 Å². The van der Waals surface area contributed by atoms with Crippen LogP contribution < -0.4 is 5.32 Å². The first-order chi connectivity index (χ1) is 14.8. The van der Waals surface area contributed by atoms with Gasteiger partial charge in [-0.2, -0.15) is 11.8 Å². The van der Waals surface area contributed by atoms with Crippen molar-refractivity contribution < 1.29 is 18.0 Å². The van der Waals surface area contributed by atoms with Crippen LogP contribution in [-0.4, -0.2) is 59.6 Å². The molecule has 2 heterocycles. The van der Waals surface area contributed by atoms with E-state index in [-0.39, 0.29) is 15.5 Å². The lowest BCUT2D eigenvalue weighted by Gasteiger charge is -2.18. The maximum Gasteiger partial charge on any atom is 0.266 e. The zero-order valence-electron chi connectivity index (χ0n) is 17.1. The van der Waals surface area contributed by atoms with Gasteiger partial charge < -0.3 is 5.32 Å². The third kappa shape index (κ3) is 5.01. The number of nitrogens with zero attached hydrogens (tertiary/aromatic N) is 4. The van der Waals surface area contributed by atoms with E-state index in [4.69, 9.17) is 16.4 Å². The van der Waals surface area contributed by atoms with E-state index in [1.54, 1.807) is 11.8 Å². The maximum atomic E-state index is 13.0. The Bertz CT molecular complexity index is 1190. The molecule has 9 nitrogen and oxygen atoms in total. The summed E-state index contributed by atoms with van der Waals surface area (Å²) in [7, 11) is -1.55. The van der Waals surface area contributed by atoms with E-state index in [1.165, 1.54) is 32.4 Å². The summed E-state index contributed by atoms with van der Waals surface area (Å²) in [6.45, 7) is 0. The first-order valence-electron chi connectivity index (χ1n) is 9.21. The number of hydrogen-bond donors (Lipinski definition) is 1. The Morgan fingerprint density at radius 2 is 2.10 bits per heavy atom. The van der Waals surface area contributed by atoms with E-state index in [0.29, 0.717) is 22.4 Å². The molecular weight excluding hydrogens is 462 g/mol. The van der Waals surface area contributed by atoms with Gasteiger partial charge in [-0.1, -0.05) is 22.1 Å². The number of nitrogens with one attached hydrogen (secondary N) is 1. The molecule has 1 amide bonds. The van der Waals surface area contributed by atoms with Crippen LogP contribution in [0.3, 0.4) is 0 Å². The molecule has 31 heavy (non-hydrogen) atoms. The van der Waals surface area contributed by atoms with E-state index in [0.717, 1.165) is 5.75 Å². The van der Waals surface area contributed by atoms with Crippen molar-refractivity contribution in [1.82, 2.24) is 24.4 Å². The van der Waals surface area contributed by atoms with Crippen LogP contribution in [0.25, 0.3) is 5.65 Å². The maximum absolute atomic E-state index is 13.0. The van der Waals surface area contributed by atoms with Crippen molar-refractivity contribution in [2.24, 2.45) is 0 Å². The second-order valence-corrected chi connectivity index (χ2v) is 9.83. The standard InChI is InChI=1S/C19H22ClN5O4S2/c1-24(29-2)31(27,28)16-12-13(7-8-14(16)20)19(26)21-15(9-11-30-3)18-23-22-17-6-4-5-10-25(17)18/h4-8,10,12,15H,9,11H2,1-3H3,(H,21,26). The summed E-state index contributed by atoms with van der Waals surface area (Å²) >= 11 is 7.73. The van der Waals surface area contributed by atoms with Crippen molar-refractivity contribution in [1.29, 1.82) is 0 Å². The highest BCUT2D eigenvalue weighted by Gasteiger charge is 2.26. The summed E-state index contributed by atoms with van der Waals surface area (Å²) in [6.07, 6.45) is 4.42. The molecule has 12 heteroatoms. The molecule has 1 atom stereocenters. The fourth-order valence-electron chi connectivity index (χ4n) is 2.92. The summed E-state index contributed by atoms with van der Waals surface area (Å²) in [5, 5.41) is 11.3. The Hall–Kier alpha value is -2.18. The van der Waals surface area contributed by atoms with Crippen molar-refractivity contribution in [3.63, 3.8) is 0 Å². The normalized spacial score (nSPS) is 12.9. The topological polar surface area (TPSA) is 106 Å². The van der Waals surface area contributed by atoms with E-state index >= 15 is 0 Å². The van der Waals surface area contributed by atoms with Gasteiger partial charge in [0.25, 0.3) is 15.9 Å². The van der Waals surface area contributed by atoms with Crippen LogP contribution in [0.2, 0.25) is 5.02 Å². The number of rotatable bonds is 9. The van der Waals surface area contributed by atoms with E-state index in [9.17, 15) is 13.2 Å². The van der Waals surface area contributed by atoms with Crippen molar-refractivity contribution in [3.05, 3.63) is 59.0 Å². The number of hydrogen-bond acceptors (Lipinski definition) is 7. The molecule has 0 radical (unpaired) electrons. The highest BCUT2D eigenvalue weighted by atomic mass is 35.5. The molecule has 0 fully saturated rings. The van der Waals surface area contributed by atoms with E-state index in [1.807, 2.05) is 35.1 Å². The molecule has 2 aromatic heterocycles. The third-order valence-corrected chi connectivity index (χ3v) is 7.44. The highest BCUT2D eigenvalue weighted by molar-refractivity contribution is 7.98. The van der Waals surface area contributed by atoms with Crippen LogP contribution in [0.15, 0.2) is 47.5 Å². The number of thioether (sulfide) groups is 1. The average molecular weight is 484 g/mol. The SMILES string of the molecule is CON(C)S(=O)(=O)c1cc(C(=O)NC(CCSC)c2nnc3ccccn23)ccc1Cl. The number of fused-ring (bicyclic) bond motifs is 1. The smallest absolute Gasteiger partial charge is 0.266 e. The summed E-state index contributed by atoms with van der Waals surface area (Å²) in [5.41, 5.74) is 0.818. The Balaban J connectivity index is 1.93. The second-order valence-electron chi connectivity index (χ2n) is 6.54. The molecule has 3 rings (SSSR count). The third-order valence-electron chi connectivity index (χ3n) is 4.63. The lowest BCUT2D eigenvalue weighted by molar-refractivity contribution is -0.0258. The van der Waals surface area contributed by atoms with Crippen molar-refractivity contribution in [2.75, 3.05) is 26.2 Å². The van der Waals surface area contributed by atoms with Crippen molar-refractivity contribution in [2.45, 2.75) is 17.4 Å². The molecule has 0 aliphatic heterocycles. The molecule has 0 bridgehead atoms. The van der Waals surface area contributed by atoms with E-state index in [2.05, 4.69) is 15.5 Å². The molecule has 3 aromatic rings. The lowest BCUT2D eigenvalue weighted by Crippen LogP contribution is -2.31. The second kappa shape index (κ2) is 9.96. The number of carbonyl (C=O) groups excluding carboxylic acids is 1. The van der Waals surface area contributed by atoms with Crippen molar-refractivity contribution in [3.8, 4) is 0 Å². The Labute approximate surface area is 189 Å². The van der Waals surface area contributed by atoms with Gasteiger partial charge in [-0.25, -0.2) is 8.42 Å². The average Bonchev–Trinajstić information content (AvgIpc) is 3.20. The number of carbonyl (C=O) groups is 1. The molecule has 0 aliphatic rings. The number of sulfonamides is 1. The van der Waals surface area contributed by atoms with Gasteiger partial charge in [0, 0.05) is 18.8 Å². The van der Waals surface area contributed by atoms with Crippen molar-refractivity contribution >= 4 is 44.9 Å². The number of halogens is 1. The largest absolute Gasteiger partial charge is 0.342 e. The molecule has 0 spiro atoms. The molecule has 166 valence electrons. The van der Waals surface area contributed by atoms with Crippen LogP contribution in [-0.2, 0) is 14.9 Å². The first-order valence-corrected chi connectivity index (χ1v) is 12.4. The molecular formula is C19H22ClN5O4S2. The predicted octanol–water partition coefficient (Wildman–Crippen LogP) is 2.79. The zero-order valence-corrected chi connectivity index (χ0v) is 19.5. The molecule has 0 saturated heterocycles. The minimum Gasteiger partial charge on any atom is -0.342 e. The minimum atomic E-state index is -4.02. The summed E-state index contributed by atoms with van der Waals surface area (Å²) in [6, 6.07) is 9.19. The van der Waals surface area contributed by atoms with Gasteiger partial charge in [-0.3, -0.25) is 14.0 Å². The van der Waals surface area contributed by atoms with Crippen LogP contribution in [0.1, 0.15) is 28.6 Å². The Morgan fingerprint density at radius 1 is 1.32 bits per heavy atom. The minimum absolute atomic E-state index is 0.0113. The van der Waals surface area contributed by atoms with Gasteiger partial charge in [-0.05, 0) is 48.8 Å². The number of aromatic nitrogens is 3. The Kier molecular flexibility index (Phi) is 7.55. The summed E-state index contributed by atoms with van der Waals surface area (Å²) in [5.74, 6) is 0.928. The number of hydroxylamine groups is 1. The number of benzene rings is 1. The molecule has 1 aromatic carbocycles. The quantitative estimate of drug-likeness (QED) is 0.466. The molecule has 1 unspecified atom stereocenters. The monoisotopic (exact) mass is 483 g/mol. The highest BCUT2D eigenvalue weighted by Crippen LogP contribution is 2.26. The molecule has 0 saturated carbocycles. The molecule has 0 aliphatic carbocycles. The molecule has 1 N–H and O–H groups in total. The van der Waals surface area contributed by atoms with Gasteiger partial charge in [0.1, 0.15) is 4.90 Å². The van der Waals surface area contributed by atoms with Gasteiger partial charge in [-0.15, -0.1) is 10.2 Å². The van der Waals surface area contributed by atoms with E-state index < -0.39 is 22.0 Å². The fourth-order valence-corrected chi connectivity index (χ4v) is 4.86. The zero-order chi connectivity index (χ0) is 22.6. The van der Waals surface area contributed by atoms with Gasteiger partial charge in [0.2, 0.25) is 0 Å². The van der Waals surface area contributed by atoms with Gasteiger partial charge in [0.05, 0.1) is 18.2 Å². The van der Waals surface area contributed by atoms with Crippen LogP contribution in [0.4, 0.5) is 0 Å². The summed E-state index contributed by atoms with van der Waals surface area (Å²) < 4.78 is 27.7. The lowest BCUT2D eigenvalue weighted by atomic mass is 10.1. The number of amides is 1. The van der Waals surface area contributed by atoms with Gasteiger partial charge in [0.15, 0.2) is 11.5 Å². The summed E-state index contributed by atoms with van der Waals surface area (Å²) in [4.78, 5) is 17.6.